The van der Waals surface area contributed by atoms with Crippen molar-refractivity contribution in [1.82, 2.24) is 9.55 Å². The zero-order chi connectivity index (χ0) is 17.2. The summed E-state index contributed by atoms with van der Waals surface area (Å²) >= 11 is 0. The molecule has 8 heteroatoms. The van der Waals surface area contributed by atoms with Gasteiger partial charge in [0.15, 0.2) is 0 Å². The molecule has 3 rings (SSSR count). The summed E-state index contributed by atoms with van der Waals surface area (Å²) in [4.78, 5) is 6.01. The van der Waals surface area contributed by atoms with Gasteiger partial charge in [0.1, 0.15) is 18.2 Å². The van der Waals surface area contributed by atoms with E-state index >= 15 is 0 Å². The van der Waals surface area contributed by atoms with Gasteiger partial charge in [-0.15, -0.1) is 0 Å². The summed E-state index contributed by atoms with van der Waals surface area (Å²) in [6.45, 7) is 0.604. The fraction of sp³-hybridized carbons (Fsp3) is 0.438. The zero-order valence-corrected chi connectivity index (χ0v) is 13.0. The molecule has 1 aromatic heterocycles. The summed E-state index contributed by atoms with van der Waals surface area (Å²) in [5, 5.41) is 2.92. The van der Waals surface area contributed by atoms with Gasteiger partial charge in [0.2, 0.25) is 0 Å². The van der Waals surface area contributed by atoms with Gasteiger partial charge >= 0.3 is 6.18 Å². The standard InChI is InChI=1S/C16H18F4N4/c17-12-4-3-5-13(23-7-1-2-8-23)15(12)22-10-14-21-6-9-24(14)11-16(18,19)20/h3-6,9,22H,1-2,7-8,10-11H2. The molecule has 0 spiro atoms. The van der Waals surface area contributed by atoms with Crippen molar-refractivity contribution in [1.29, 1.82) is 0 Å². The third kappa shape index (κ3) is 3.80. The highest BCUT2D eigenvalue weighted by atomic mass is 19.4. The van der Waals surface area contributed by atoms with E-state index in [1.165, 1.54) is 18.5 Å². The Hall–Kier alpha value is -2.25. The van der Waals surface area contributed by atoms with Crippen LogP contribution in [0.15, 0.2) is 30.6 Å². The van der Waals surface area contributed by atoms with Crippen LogP contribution >= 0.6 is 0 Å². The fourth-order valence-corrected chi connectivity index (χ4v) is 2.92. The Bertz CT molecular complexity index is 690. The van der Waals surface area contributed by atoms with Crippen molar-refractivity contribution in [3.05, 3.63) is 42.2 Å². The van der Waals surface area contributed by atoms with Gasteiger partial charge in [0.05, 0.1) is 17.9 Å². The Morgan fingerprint density at radius 1 is 1.17 bits per heavy atom. The molecule has 0 bridgehead atoms. The average molecular weight is 342 g/mol. The molecule has 0 aliphatic carbocycles. The molecule has 1 N–H and O–H groups in total. The minimum atomic E-state index is -4.33. The topological polar surface area (TPSA) is 33.1 Å². The number of alkyl halides is 3. The maximum absolute atomic E-state index is 14.2. The molecule has 0 radical (unpaired) electrons. The molecule has 1 aliphatic rings. The number of hydrogen-bond donors (Lipinski definition) is 1. The third-order valence-corrected chi connectivity index (χ3v) is 4.01. The van der Waals surface area contributed by atoms with E-state index in [1.54, 1.807) is 6.07 Å². The van der Waals surface area contributed by atoms with E-state index in [0.29, 0.717) is 5.69 Å². The van der Waals surface area contributed by atoms with Crippen LogP contribution in [0.2, 0.25) is 0 Å². The number of aromatic nitrogens is 2. The molecule has 24 heavy (non-hydrogen) atoms. The Kier molecular flexibility index (Phi) is 4.64. The van der Waals surface area contributed by atoms with Gasteiger partial charge in [-0.25, -0.2) is 9.37 Å². The minimum absolute atomic E-state index is 0.0187. The number of rotatable bonds is 5. The van der Waals surface area contributed by atoms with Crippen molar-refractivity contribution >= 4 is 11.4 Å². The van der Waals surface area contributed by atoms with Crippen molar-refractivity contribution in [2.24, 2.45) is 0 Å². The fourth-order valence-electron chi connectivity index (χ4n) is 2.92. The lowest BCUT2D eigenvalue weighted by Gasteiger charge is -2.22. The predicted octanol–water partition coefficient (Wildman–Crippen LogP) is 3.80. The number of nitrogens with zero attached hydrogens (tertiary/aromatic N) is 3. The third-order valence-electron chi connectivity index (χ3n) is 4.01. The first-order valence-corrected chi connectivity index (χ1v) is 7.78. The van der Waals surface area contributed by atoms with Crippen molar-refractivity contribution < 1.29 is 17.6 Å². The second kappa shape index (κ2) is 6.70. The van der Waals surface area contributed by atoms with Gasteiger partial charge < -0.3 is 14.8 Å². The van der Waals surface area contributed by atoms with E-state index in [1.807, 2.05) is 6.07 Å². The van der Waals surface area contributed by atoms with Gasteiger partial charge in [0.25, 0.3) is 0 Å². The molecular formula is C16H18F4N4. The lowest BCUT2D eigenvalue weighted by atomic mass is 10.2. The minimum Gasteiger partial charge on any atom is -0.374 e. The summed E-state index contributed by atoms with van der Waals surface area (Å²) < 4.78 is 52.9. The quantitative estimate of drug-likeness (QED) is 0.839. The van der Waals surface area contributed by atoms with Crippen LogP contribution in [0.3, 0.4) is 0 Å². The number of imidazole rings is 1. The molecule has 1 aliphatic heterocycles. The highest BCUT2D eigenvalue weighted by Gasteiger charge is 2.29. The monoisotopic (exact) mass is 342 g/mol. The van der Waals surface area contributed by atoms with Crippen molar-refractivity contribution in [3.8, 4) is 0 Å². The SMILES string of the molecule is Fc1cccc(N2CCCC2)c1NCc1nccn1CC(F)(F)F. The van der Waals surface area contributed by atoms with Gasteiger partial charge in [-0.3, -0.25) is 0 Å². The summed E-state index contributed by atoms with van der Waals surface area (Å²) in [5.41, 5.74) is 1.04. The first-order valence-electron chi connectivity index (χ1n) is 7.78. The molecule has 0 amide bonds. The maximum atomic E-state index is 14.2. The van der Waals surface area contributed by atoms with E-state index in [4.69, 9.17) is 0 Å². The first-order chi connectivity index (χ1) is 11.4. The van der Waals surface area contributed by atoms with Crippen LogP contribution in [0.4, 0.5) is 28.9 Å². The summed E-state index contributed by atoms with van der Waals surface area (Å²) in [6.07, 6.45) is 0.352. The molecule has 4 nitrogen and oxygen atoms in total. The van der Waals surface area contributed by atoms with E-state index in [0.717, 1.165) is 36.2 Å². The molecule has 130 valence electrons. The van der Waals surface area contributed by atoms with Crippen LogP contribution in [0.1, 0.15) is 18.7 Å². The first kappa shape index (κ1) is 16.6. The van der Waals surface area contributed by atoms with Crippen molar-refractivity contribution in [3.63, 3.8) is 0 Å². The van der Waals surface area contributed by atoms with Crippen molar-refractivity contribution in [2.75, 3.05) is 23.3 Å². The lowest BCUT2D eigenvalue weighted by molar-refractivity contribution is -0.141. The number of benzene rings is 1. The number of nitrogens with one attached hydrogen (secondary N) is 1. The average Bonchev–Trinajstić information content (AvgIpc) is 3.16. The summed E-state index contributed by atoms with van der Waals surface area (Å²) in [5.74, 6) is -0.212. The van der Waals surface area contributed by atoms with Crippen LogP contribution in [0.25, 0.3) is 0 Å². The Morgan fingerprint density at radius 3 is 2.62 bits per heavy atom. The molecule has 2 aromatic rings. The zero-order valence-electron chi connectivity index (χ0n) is 13.0. The summed E-state index contributed by atoms with van der Waals surface area (Å²) in [6, 6.07) is 4.79. The Labute approximate surface area is 137 Å². The van der Waals surface area contributed by atoms with Gasteiger partial charge in [-0.1, -0.05) is 6.07 Å². The van der Waals surface area contributed by atoms with Gasteiger partial charge in [0, 0.05) is 25.5 Å². The van der Waals surface area contributed by atoms with Gasteiger partial charge in [-0.2, -0.15) is 13.2 Å². The number of hydrogen-bond acceptors (Lipinski definition) is 3. The molecule has 0 atom stereocenters. The predicted molar refractivity (Wildman–Crippen MR) is 83.5 cm³/mol. The lowest BCUT2D eigenvalue weighted by Crippen LogP contribution is -2.22. The number of halogens is 4. The normalized spacial score (nSPS) is 15.1. The second-order valence-electron chi connectivity index (χ2n) is 5.77. The maximum Gasteiger partial charge on any atom is 0.406 e. The van der Waals surface area contributed by atoms with Crippen LogP contribution in [0, 0.1) is 5.82 Å². The van der Waals surface area contributed by atoms with Crippen molar-refractivity contribution in [2.45, 2.75) is 32.1 Å². The molecule has 1 aromatic carbocycles. The number of para-hydroxylation sites is 1. The van der Waals surface area contributed by atoms with Gasteiger partial charge in [-0.05, 0) is 25.0 Å². The largest absolute Gasteiger partial charge is 0.406 e. The van der Waals surface area contributed by atoms with E-state index in [2.05, 4.69) is 15.2 Å². The molecule has 0 saturated carbocycles. The Balaban J connectivity index is 1.77. The van der Waals surface area contributed by atoms with Crippen LogP contribution in [0.5, 0.6) is 0 Å². The molecule has 1 fully saturated rings. The van der Waals surface area contributed by atoms with E-state index < -0.39 is 18.5 Å². The van der Waals surface area contributed by atoms with Crippen LogP contribution in [-0.2, 0) is 13.1 Å². The highest BCUT2D eigenvalue weighted by Crippen LogP contribution is 2.31. The molecular weight excluding hydrogens is 324 g/mol. The van der Waals surface area contributed by atoms with Crippen LogP contribution in [-0.4, -0.2) is 28.8 Å². The molecule has 2 heterocycles. The van der Waals surface area contributed by atoms with E-state index in [-0.39, 0.29) is 12.4 Å². The molecule has 0 unspecified atom stereocenters. The highest BCUT2D eigenvalue weighted by molar-refractivity contribution is 5.71. The van der Waals surface area contributed by atoms with Crippen LogP contribution < -0.4 is 10.2 Å². The smallest absolute Gasteiger partial charge is 0.374 e. The number of anilines is 2. The van der Waals surface area contributed by atoms with E-state index in [9.17, 15) is 17.6 Å². The molecule has 1 saturated heterocycles. The Morgan fingerprint density at radius 2 is 1.92 bits per heavy atom. The summed E-state index contributed by atoms with van der Waals surface area (Å²) in [7, 11) is 0. The second-order valence-corrected chi connectivity index (χ2v) is 5.77.